The second kappa shape index (κ2) is 23.5. The first-order valence-corrected chi connectivity index (χ1v) is 14.0. The molecule has 0 aliphatic heterocycles. The Kier molecular flexibility index (Phi) is 25.5. The minimum Gasteiger partial charge on any atom is -0.330 e. The van der Waals surface area contributed by atoms with Gasteiger partial charge in [-0.25, -0.2) is 8.42 Å². The Morgan fingerprint density at radius 1 is 0.464 bits per heavy atom. The molecule has 0 atom stereocenters. The van der Waals surface area contributed by atoms with Crippen molar-refractivity contribution >= 4 is 22.2 Å². The molecule has 0 saturated heterocycles. The van der Waals surface area contributed by atoms with Gasteiger partial charge in [0.25, 0.3) is 0 Å². The number of hydrogen-bond acceptors (Lipinski definition) is 3. The van der Waals surface area contributed by atoms with Gasteiger partial charge in [-0.2, -0.15) is 0 Å². The van der Waals surface area contributed by atoms with Crippen molar-refractivity contribution < 1.29 is 8.42 Å². The molecule has 0 spiro atoms. The number of unbranched alkanes of at least 4 members (excludes halogenated alkanes) is 19. The summed E-state index contributed by atoms with van der Waals surface area (Å²) in [5, 5.41) is 0. The fraction of sp³-hybridized carbons (Fsp3) is 1.00. The van der Waals surface area contributed by atoms with Crippen LogP contribution in [0.2, 0.25) is 0 Å². The maximum absolute atomic E-state index is 11.0. The molecule has 3 nitrogen and oxygen atoms in total. The lowest BCUT2D eigenvalue weighted by atomic mass is 10.0. The molecule has 28 heavy (non-hydrogen) atoms. The summed E-state index contributed by atoms with van der Waals surface area (Å²) in [4.78, 5) is 0. The van der Waals surface area contributed by atoms with Gasteiger partial charge in [0.05, 0.1) is 0 Å². The predicted octanol–water partition coefficient (Wildman–Crippen LogP) is 7.21. The third-order valence-corrected chi connectivity index (χ3v) is 6.50. The highest BCUT2D eigenvalue weighted by Gasteiger charge is 2.00. The Labute approximate surface area is 183 Å². The molecule has 0 heterocycles. The number of hydrogen-bond donors (Lipinski definition) is 1. The quantitative estimate of drug-likeness (QED) is 0.181. The SMILES string of the molecule is CS(=O)(=O)CCCCCCCCCCCCCCCCCCCCCCN.Cl. The molecule has 0 aromatic carbocycles. The maximum Gasteiger partial charge on any atom is 0.147 e. The van der Waals surface area contributed by atoms with E-state index in [1.807, 2.05) is 0 Å². The van der Waals surface area contributed by atoms with Gasteiger partial charge in [0.1, 0.15) is 9.84 Å². The minimum absolute atomic E-state index is 0. The molecule has 0 aromatic rings. The van der Waals surface area contributed by atoms with E-state index in [0.29, 0.717) is 5.75 Å². The molecular weight excluding hydrogens is 390 g/mol. The van der Waals surface area contributed by atoms with E-state index in [1.165, 1.54) is 122 Å². The zero-order valence-corrected chi connectivity index (χ0v) is 20.4. The molecule has 0 bridgehead atoms. The van der Waals surface area contributed by atoms with Crippen LogP contribution in [0.4, 0.5) is 0 Å². The fourth-order valence-electron chi connectivity index (χ4n) is 3.69. The molecule has 0 rings (SSSR count). The molecular formula is C23H50ClNO2S. The molecule has 0 unspecified atom stereocenters. The minimum atomic E-state index is -2.75. The van der Waals surface area contributed by atoms with Crippen molar-refractivity contribution in [3.63, 3.8) is 0 Å². The Bertz CT molecular complexity index is 388. The zero-order valence-electron chi connectivity index (χ0n) is 18.8. The third-order valence-electron chi connectivity index (χ3n) is 5.47. The van der Waals surface area contributed by atoms with Crippen molar-refractivity contribution in [3.8, 4) is 0 Å². The van der Waals surface area contributed by atoms with Gasteiger partial charge in [-0.05, 0) is 19.4 Å². The van der Waals surface area contributed by atoms with Crippen LogP contribution >= 0.6 is 12.4 Å². The molecule has 5 heteroatoms. The first-order valence-electron chi connectivity index (χ1n) is 11.9. The largest absolute Gasteiger partial charge is 0.330 e. The Morgan fingerprint density at radius 3 is 0.893 bits per heavy atom. The second-order valence-corrected chi connectivity index (χ2v) is 10.7. The van der Waals surface area contributed by atoms with Crippen LogP contribution in [0, 0.1) is 0 Å². The molecule has 0 saturated carbocycles. The number of sulfone groups is 1. The first-order chi connectivity index (χ1) is 13.1. The highest BCUT2D eigenvalue weighted by atomic mass is 35.5. The van der Waals surface area contributed by atoms with Crippen LogP contribution in [0.15, 0.2) is 0 Å². The van der Waals surface area contributed by atoms with E-state index >= 15 is 0 Å². The van der Waals surface area contributed by atoms with Crippen molar-refractivity contribution in [3.05, 3.63) is 0 Å². The summed E-state index contributed by atoms with van der Waals surface area (Å²) >= 11 is 0. The zero-order chi connectivity index (χ0) is 20.1. The predicted molar refractivity (Wildman–Crippen MR) is 128 cm³/mol. The van der Waals surface area contributed by atoms with Gasteiger partial charge < -0.3 is 5.73 Å². The van der Waals surface area contributed by atoms with Crippen molar-refractivity contribution in [1.82, 2.24) is 0 Å². The lowest BCUT2D eigenvalue weighted by Crippen LogP contribution is -2.02. The van der Waals surface area contributed by atoms with Crippen LogP contribution < -0.4 is 5.73 Å². The lowest BCUT2D eigenvalue weighted by molar-refractivity contribution is 0.522. The molecule has 2 N–H and O–H groups in total. The number of nitrogens with two attached hydrogens (primary N) is 1. The topological polar surface area (TPSA) is 60.2 Å². The number of halogens is 1. The van der Waals surface area contributed by atoms with Crippen LogP contribution in [0.5, 0.6) is 0 Å². The molecule has 0 aliphatic rings. The third kappa shape index (κ3) is 28.4. The average Bonchev–Trinajstić information content (AvgIpc) is 2.62. The van der Waals surface area contributed by atoms with Crippen LogP contribution in [0.25, 0.3) is 0 Å². The van der Waals surface area contributed by atoms with Crippen molar-refractivity contribution in [2.75, 3.05) is 18.6 Å². The normalized spacial score (nSPS) is 11.5. The van der Waals surface area contributed by atoms with Gasteiger partial charge in [0, 0.05) is 12.0 Å². The van der Waals surface area contributed by atoms with E-state index < -0.39 is 9.84 Å². The highest BCUT2D eigenvalue weighted by Crippen LogP contribution is 2.14. The second-order valence-electron chi connectivity index (χ2n) is 8.49. The van der Waals surface area contributed by atoms with E-state index in [4.69, 9.17) is 5.73 Å². The van der Waals surface area contributed by atoms with Crippen LogP contribution in [0.3, 0.4) is 0 Å². The van der Waals surface area contributed by atoms with Gasteiger partial charge in [-0.15, -0.1) is 12.4 Å². The summed E-state index contributed by atoms with van der Waals surface area (Å²) in [6.45, 7) is 0.856. The summed E-state index contributed by atoms with van der Waals surface area (Å²) in [5.74, 6) is 0.363. The van der Waals surface area contributed by atoms with Crippen molar-refractivity contribution in [2.24, 2.45) is 5.73 Å². The highest BCUT2D eigenvalue weighted by molar-refractivity contribution is 7.90. The monoisotopic (exact) mass is 439 g/mol. The molecule has 172 valence electrons. The summed E-state index contributed by atoms with van der Waals surface area (Å²) in [6, 6.07) is 0. The molecule has 0 aromatic heterocycles. The number of rotatable bonds is 22. The van der Waals surface area contributed by atoms with E-state index in [1.54, 1.807) is 0 Å². The Morgan fingerprint density at radius 2 is 0.679 bits per heavy atom. The Balaban J connectivity index is 0. The van der Waals surface area contributed by atoms with E-state index in [-0.39, 0.29) is 12.4 Å². The summed E-state index contributed by atoms with van der Waals surface area (Å²) in [6.07, 6.45) is 27.9. The van der Waals surface area contributed by atoms with Crippen molar-refractivity contribution in [2.45, 2.75) is 128 Å². The van der Waals surface area contributed by atoms with Crippen molar-refractivity contribution in [1.29, 1.82) is 0 Å². The van der Waals surface area contributed by atoms with E-state index in [2.05, 4.69) is 0 Å². The molecule has 0 fully saturated rings. The Hall–Kier alpha value is 0.200. The fourth-order valence-corrected chi connectivity index (χ4v) is 4.42. The summed E-state index contributed by atoms with van der Waals surface area (Å²) in [7, 11) is -2.75. The van der Waals surface area contributed by atoms with E-state index in [9.17, 15) is 8.42 Å². The summed E-state index contributed by atoms with van der Waals surface area (Å²) in [5.41, 5.74) is 5.50. The maximum atomic E-state index is 11.0. The van der Waals surface area contributed by atoms with Gasteiger partial charge in [0.15, 0.2) is 0 Å². The first kappa shape index (κ1) is 30.4. The summed E-state index contributed by atoms with van der Waals surface area (Å²) < 4.78 is 22.1. The lowest BCUT2D eigenvalue weighted by Gasteiger charge is -2.04. The molecule has 0 amide bonds. The average molecular weight is 440 g/mol. The van der Waals surface area contributed by atoms with Crippen LogP contribution in [-0.2, 0) is 9.84 Å². The van der Waals surface area contributed by atoms with Crippen LogP contribution in [0.1, 0.15) is 128 Å². The molecule has 0 radical (unpaired) electrons. The van der Waals surface area contributed by atoms with Crippen LogP contribution in [-0.4, -0.2) is 27.0 Å². The van der Waals surface area contributed by atoms with Gasteiger partial charge >= 0.3 is 0 Å². The van der Waals surface area contributed by atoms with Gasteiger partial charge in [0.2, 0.25) is 0 Å². The van der Waals surface area contributed by atoms with E-state index in [0.717, 1.165) is 19.4 Å². The smallest absolute Gasteiger partial charge is 0.147 e. The standard InChI is InChI=1S/C23H49NO2S.ClH/c1-27(25,26)23-21-19-17-15-13-11-9-7-5-3-2-4-6-8-10-12-14-16-18-20-22-24;/h2-24H2,1H3;1H. The molecule has 0 aliphatic carbocycles. The van der Waals surface area contributed by atoms with Gasteiger partial charge in [-0.3, -0.25) is 0 Å². The van der Waals surface area contributed by atoms with Gasteiger partial charge in [-0.1, -0.05) is 116 Å².